The summed E-state index contributed by atoms with van der Waals surface area (Å²) in [5, 5.41) is 11.8. The number of aliphatic carboxylic acids is 1. The molecule has 9 nitrogen and oxygen atoms in total. The molecule has 0 aliphatic carbocycles. The smallest absolute Gasteiger partial charge is 0.306 e. The van der Waals surface area contributed by atoms with Crippen LogP contribution in [-0.2, 0) is 33.3 Å². The van der Waals surface area contributed by atoms with E-state index in [-0.39, 0.29) is 38.6 Å². The van der Waals surface area contributed by atoms with E-state index in [9.17, 15) is 19.5 Å². The first-order chi connectivity index (χ1) is 47.6. The van der Waals surface area contributed by atoms with Crippen LogP contribution < -0.4 is 5.11 Å². The van der Waals surface area contributed by atoms with E-state index in [1.807, 2.05) is 21.1 Å². The Morgan fingerprint density at radius 3 is 0.835 bits per heavy atom. The molecule has 97 heavy (non-hydrogen) atoms. The molecule has 2 unspecified atom stereocenters. The number of carbonyl (C=O) groups excluding carboxylic acids is 3. The molecule has 0 aromatic carbocycles. The highest BCUT2D eigenvalue weighted by Crippen LogP contribution is 2.13. The predicted octanol–water partition coefficient (Wildman–Crippen LogP) is 22.7. The van der Waals surface area contributed by atoms with Gasteiger partial charge in [0.2, 0.25) is 0 Å². The Morgan fingerprint density at radius 2 is 0.557 bits per heavy atom. The fourth-order valence-electron chi connectivity index (χ4n) is 9.00. The molecular formula is C88H133NO8. The number of ether oxygens (including phenoxy) is 4. The Bertz CT molecular complexity index is 2500. The zero-order valence-electron chi connectivity index (χ0n) is 61.3. The molecule has 0 bridgehead atoms. The Balaban J connectivity index is 4.30. The zero-order valence-corrected chi connectivity index (χ0v) is 61.3. The highest BCUT2D eigenvalue weighted by molar-refractivity contribution is 5.70. The number of hydrogen-bond donors (Lipinski definition) is 0. The molecular weight excluding hydrogens is 1200 g/mol. The van der Waals surface area contributed by atoms with Gasteiger partial charge in [0.1, 0.15) is 13.2 Å². The molecule has 2 atom stereocenters. The van der Waals surface area contributed by atoms with Crippen LogP contribution in [0.3, 0.4) is 0 Å². The minimum atomic E-state index is -1.65. The number of likely N-dealkylation sites (N-methyl/N-ethyl adjacent to an activating group) is 1. The van der Waals surface area contributed by atoms with Gasteiger partial charge in [-0.05, 0) is 167 Å². The number of allylic oxidation sites excluding steroid dienone is 40. The largest absolute Gasteiger partial charge is 0.545 e. The number of carbonyl (C=O) groups is 3. The second-order valence-electron chi connectivity index (χ2n) is 24.8. The molecule has 9 heteroatoms. The Morgan fingerprint density at radius 1 is 0.309 bits per heavy atom. The van der Waals surface area contributed by atoms with E-state index in [1.165, 1.54) is 19.3 Å². The highest BCUT2D eigenvalue weighted by Gasteiger charge is 2.22. The van der Waals surface area contributed by atoms with Gasteiger partial charge in [0.15, 0.2) is 12.4 Å². The lowest BCUT2D eigenvalue weighted by Gasteiger charge is -2.26. The fourth-order valence-corrected chi connectivity index (χ4v) is 9.00. The van der Waals surface area contributed by atoms with E-state index in [4.69, 9.17) is 18.9 Å². The summed E-state index contributed by atoms with van der Waals surface area (Å²) >= 11 is 0. The monoisotopic (exact) mass is 1330 g/mol. The van der Waals surface area contributed by atoms with Crippen molar-refractivity contribution in [2.24, 2.45) is 0 Å². The first-order valence-electron chi connectivity index (χ1n) is 37.2. The number of rotatable bonds is 65. The third kappa shape index (κ3) is 76.3. The van der Waals surface area contributed by atoms with Crippen LogP contribution in [0.15, 0.2) is 243 Å². The number of hydrogen-bond acceptors (Lipinski definition) is 8. The van der Waals surface area contributed by atoms with Crippen LogP contribution in [0, 0.1) is 0 Å². The van der Waals surface area contributed by atoms with Gasteiger partial charge in [-0.25, -0.2) is 0 Å². The van der Waals surface area contributed by atoms with E-state index in [0.717, 1.165) is 173 Å². The van der Waals surface area contributed by atoms with Gasteiger partial charge in [-0.15, -0.1) is 0 Å². The van der Waals surface area contributed by atoms with Crippen LogP contribution in [0.1, 0.15) is 232 Å². The standard InChI is InChI=1S/C88H133NO8/c1-6-8-10-12-14-16-18-20-22-24-26-28-30-32-34-36-38-40-42-43-45-47-49-51-53-55-57-59-61-63-65-67-69-71-73-75-77-79-86(91)97-84(83-96-88(87(92)93)94-81-80-89(3,4)5)82-95-85(90)78-76-74-72-70-68-66-64-62-60-58-56-54-52-50-48-46-44-41-39-37-35-33-31-29-27-25-23-21-19-17-15-13-11-9-7-2/h8-11,14-17,20-23,26-29,32-35,38-41,43,45-46,48-49,51-52,54-55,57-58,60-61,63,67,69,84,88H,6-7,12-13,18-19,24-25,30-31,36-37,42,44,47,50,53,56,59,62,64-66,68,70-83H2,1-5H3/b10-8-,11-9-,16-14-,17-15-,22-20-,23-21-,28-26-,29-27-,34-32-,35-33-,40-38-,41-39-,45-43-,48-46-,51-49-,54-52-,57-55-,60-58-,63-61-,69-67-. The summed E-state index contributed by atoms with van der Waals surface area (Å²) in [7, 11) is 5.89. The Hall–Kier alpha value is -6.91. The summed E-state index contributed by atoms with van der Waals surface area (Å²) in [6.45, 7) is 4.43. The average molecular weight is 1330 g/mol. The lowest BCUT2D eigenvalue weighted by Crippen LogP contribution is -2.44. The van der Waals surface area contributed by atoms with Gasteiger partial charge in [0.05, 0.1) is 40.3 Å². The molecule has 0 aromatic heterocycles. The zero-order chi connectivity index (χ0) is 70.4. The summed E-state index contributed by atoms with van der Waals surface area (Å²) in [5.74, 6) is -2.38. The van der Waals surface area contributed by atoms with Crippen molar-refractivity contribution in [3.63, 3.8) is 0 Å². The molecule has 0 spiro atoms. The van der Waals surface area contributed by atoms with Crippen molar-refractivity contribution >= 4 is 17.9 Å². The van der Waals surface area contributed by atoms with Crippen molar-refractivity contribution in [2.45, 2.75) is 245 Å². The van der Waals surface area contributed by atoms with Crippen LogP contribution in [0.25, 0.3) is 0 Å². The molecule has 0 fully saturated rings. The van der Waals surface area contributed by atoms with Crippen molar-refractivity contribution in [1.29, 1.82) is 0 Å². The van der Waals surface area contributed by atoms with E-state index in [0.29, 0.717) is 23.9 Å². The van der Waals surface area contributed by atoms with Crippen LogP contribution in [0.4, 0.5) is 0 Å². The van der Waals surface area contributed by atoms with E-state index < -0.39 is 24.3 Å². The van der Waals surface area contributed by atoms with Gasteiger partial charge in [-0.3, -0.25) is 9.59 Å². The molecule has 0 rings (SSSR count). The topological polar surface area (TPSA) is 111 Å². The minimum Gasteiger partial charge on any atom is -0.545 e. The molecule has 0 aliphatic rings. The molecule has 0 aliphatic heterocycles. The maximum atomic E-state index is 12.9. The molecule has 0 saturated heterocycles. The first kappa shape index (κ1) is 90.1. The van der Waals surface area contributed by atoms with E-state index in [2.05, 4.69) is 257 Å². The number of esters is 2. The van der Waals surface area contributed by atoms with Gasteiger partial charge in [-0.2, -0.15) is 0 Å². The molecule has 0 heterocycles. The Labute approximate surface area is 592 Å². The Kier molecular flexibility index (Phi) is 69.5. The highest BCUT2D eigenvalue weighted by atomic mass is 16.7. The molecule has 0 N–H and O–H groups in total. The summed E-state index contributed by atoms with van der Waals surface area (Å²) in [5.41, 5.74) is 0. The van der Waals surface area contributed by atoms with Crippen LogP contribution >= 0.6 is 0 Å². The van der Waals surface area contributed by atoms with Crippen molar-refractivity contribution in [2.75, 3.05) is 47.5 Å². The van der Waals surface area contributed by atoms with E-state index in [1.54, 1.807) is 0 Å². The fraction of sp³-hybridized carbons (Fsp3) is 0.511. The minimum absolute atomic E-state index is 0.124. The normalized spacial score (nSPS) is 14.1. The number of carboxylic acids is 1. The molecule has 0 radical (unpaired) electrons. The molecule has 0 amide bonds. The molecule has 0 saturated carbocycles. The number of nitrogens with zero attached hydrogens (tertiary/aromatic N) is 1. The van der Waals surface area contributed by atoms with E-state index >= 15 is 0 Å². The summed E-state index contributed by atoms with van der Waals surface area (Å²) in [6, 6.07) is 0. The van der Waals surface area contributed by atoms with Gasteiger partial charge < -0.3 is 33.3 Å². The van der Waals surface area contributed by atoms with Crippen molar-refractivity contribution < 1.29 is 42.9 Å². The maximum absolute atomic E-state index is 12.9. The number of quaternary nitrogens is 1. The van der Waals surface area contributed by atoms with Crippen molar-refractivity contribution in [3.8, 4) is 0 Å². The average Bonchev–Trinajstić information content (AvgIpc) is 3.11. The van der Waals surface area contributed by atoms with Crippen LogP contribution in [-0.4, -0.2) is 82.3 Å². The summed E-state index contributed by atoms with van der Waals surface area (Å²) < 4.78 is 22.7. The molecule has 538 valence electrons. The van der Waals surface area contributed by atoms with Gasteiger partial charge in [-0.1, -0.05) is 295 Å². The SMILES string of the molecule is CC/C=C\C/C=C\C/C=C\C/C=C\C/C=C\C/C=C\C/C=C\C/C=C\C/C=C\C/C=C\C/C=C\CCCCCC(=O)OC(COC(=O)CCCCCCCCC/C=C\C/C=C\C/C=C\C/C=C\C/C=C\C/C=C\C/C=C\C/C=C\C/C=C\CC)COC(OCC[N+](C)(C)C)C(=O)[O-]. The lowest BCUT2D eigenvalue weighted by atomic mass is 10.1. The van der Waals surface area contributed by atoms with Gasteiger partial charge in [0, 0.05) is 12.8 Å². The van der Waals surface area contributed by atoms with Gasteiger partial charge in [0.25, 0.3) is 0 Å². The first-order valence-corrected chi connectivity index (χ1v) is 37.2. The molecule has 0 aromatic rings. The number of unbranched alkanes of at least 4 members (excludes halogenated alkanes) is 10. The van der Waals surface area contributed by atoms with Crippen LogP contribution in [0.5, 0.6) is 0 Å². The number of carboxylic acid groups (broad SMARTS) is 1. The van der Waals surface area contributed by atoms with Crippen LogP contribution in [0.2, 0.25) is 0 Å². The predicted molar refractivity (Wildman–Crippen MR) is 416 cm³/mol. The van der Waals surface area contributed by atoms with Crippen molar-refractivity contribution in [1.82, 2.24) is 0 Å². The third-order valence-corrected chi connectivity index (χ3v) is 14.6. The van der Waals surface area contributed by atoms with Crippen molar-refractivity contribution in [3.05, 3.63) is 243 Å². The third-order valence-electron chi connectivity index (χ3n) is 14.6. The van der Waals surface area contributed by atoms with Gasteiger partial charge >= 0.3 is 11.9 Å². The lowest BCUT2D eigenvalue weighted by molar-refractivity contribution is -0.870. The quantitative estimate of drug-likeness (QED) is 0.0195. The maximum Gasteiger partial charge on any atom is 0.306 e. The second-order valence-corrected chi connectivity index (χ2v) is 24.8. The summed E-state index contributed by atoms with van der Waals surface area (Å²) in [6.07, 6.45) is 118. The summed E-state index contributed by atoms with van der Waals surface area (Å²) in [4.78, 5) is 37.5. The second kappa shape index (κ2) is 74.9.